The molecule has 3 aromatic rings. The zero-order chi connectivity index (χ0) is 16.8. The molecule has 0 aliphatic carbocycles. The third-order valence-corrected chi connectivity index (χ3v) is 3.84. The highest BCUT2D eigenvalue weighted by Gasteiger charge is 2.35. The number of H-pyrrole nitrogens is 1. The summed E-state index contributed by atoms with van der Waals surface area (Å²) >= 11 is 0. The highest BCUT2D eigenvalue weighted by molar-refractivity contribution is 6.08. The second-order valence-corrected chi connectivity index (χ2v) is 5.75. The minimum atomic E-state index is -4.50. The first-order valence-electron chi connectivity index (χ1n) is 7.14. The highest BCUT2D eigenvalue weighted by atomic mass is 19.4. The summed E-state index contributed by atoms with van der Waals surface area (Å²) in [6.07, 6.45) is -3.21. The Bertz CT molecular complexity index is 922. The molecule has 0 aliphatic rings. The van der Waals surface area contributed by atoms with Crippen molar-refractivity contribution in [1.29, 1.82) is 0 Å². The molecule has 1 N–H and O–H groups in total. The molecule has 0 spiro atoms. The molecule has 4 nitrogen and oxygen atoms in total. The predicted octanol–water partition coefficient (Wildman–Crippen LogP) is 3.06. The lowest BCUT2D eigenvalue weighted by Gasteiger charge is -2.15. The van der Waals surface area contributed by atoms with E-state index < -0.39 is 11.9 Å². The van der Waals surface area contributed by atoms with Gasteiger partial charge < -0.3 is 14.5 Å². The van der Waals surface area contributed by atoms with Crippen molar-refractivity contribution >= 4 is 21.8 Å². The topological polar surface area (TPSA) is 41.0 Å². The van der Waals surface area contributed by atoms with Crippen molar-refractivity contribution in [2.75, 3.05) is 20.6 Å². The maximum atomic E-state index is 13.4. The minimum absolute atomic E-state index is 0.0856. The molecule has 0 unspecified atom stereocenters. The summed E-state index contributed by atoms with van der Waals surface area (Å²) < 4.78 is 41.7. The largest absolute Gasteiger partial charge is 0.433 e. The van der Waals surface area contributed by atoms with Crippen molar-refractivity contribution in [1.82, 2.24) is 14.5 Å². The molecule has 0 saturated heterocycles. The van der Waals surface area contributed by atoms with Crippen LogP contribution in [0.2, 0.25) is 0 Å². The van der Waals surface area contributed by atoms with Crippen LogP contribution in [0.3, 0.4) is 0 Å². The van der Waals surface area contributed by atoms with Gasteiger partial charge in [0.1, 0.15) is 5.69 Å². The van der Waals surface area contributed by atoms with Gasteiger partial charge in [0.2, 0.25) is 0 Å². The molecule has 2 heterocycles. The van der Waals surface area contributed by atoms with Gasteiger partial charge in [0.15, 0.2) is 5.43 Å². The van der Waals surface area contributed by atoms with E-state index in [1.165, 1.54) is 18.3 Å². The summed E-state index contributed by atoms with van der Waals surface area (Å²) in [6.45, 7) is 0.922. The Morgan fingerprint density at radius 3 is 2.57 bits per heavy atom. The Hall–Kier alpha value is -2.28. The second kappa shape index (κ2) is 5.42. The van der Waals surface area contributed by atoms with Crippen molar-refractivity contribution < 1.29 is 13.2 Å². The van der Waals surface area contributed by atoms with Crippen molar-refractivity contribution in [3.8, 4) is 0 Å². The van der Waals surface area contributed by atoms with Gasteiger partial charge in [0.05, 0.1) is 11.0 Å². The lowest BCUT2D eigenvalue weighted by Crippen LogP contribution is -2.19. The average Bonchev–Trinajstić information content (AvgIpc) is 2.76. The number of aromatic amines is 1. The fourth-order valence-corrected chi connectivity index (χ4v) is 2.82. The van der Waals surface area contributed by atoms with Gasteiger partial charge in [-0.25, -0.2) is 0 Å². The summed E-state index contributed by atoms with van der Waals surface area (Å²) in [4.78, 5) is 15.9. The number of fused-ring (bicyclic) bond motifs is 3. The lowest BCUT2D eigenvalue weighted by molar-refractivity contribution is -0.140. The number of hydrogen-bond donors (Lipinski definition) is 1. The standard InChI is InChI=1S/C16H16F3N3O/c1-21(2)7-8-22-13-9-10(23)3-4-11(13)12-5-6-20-15(14(12)22)16(17,18)19/h3-6,9,20H,7-8H2,1-2H3. The van der Waals surface area contributed by atoms with E-state index in [-0.39, 0.29) is 10.9 Å². The first-order valence-corrected chi connectivity index (χ1v) is 7.14. The molecule has 0 fully saturated rings. The van der Waals surface area contributed by atoms with E-state index in [9.17, 15) is 18.0 Å². The average molecular weight is 323 g/mol. The van der Waals surface area contributed by atoms with Crippen LogP contribution in [0.1, 0.15) is 5.69 Å². The molecule has 0 amide bonds. The molecular formula is C16H16F3N3O. The van der Waals surface area contributed by atoms with E-state index in [1.807, 2.05) is 19.0 Å². The number of rotatable bonds is 3. The van der Waals surface area contributed by atoms with E-state index >= 15 is 0 Å². The van der Waals surface area contributed by atoms with Crippen LogP contribution < -0.4 is 5.43 Å². The molecule has 2 aromatic heterocycles. The molecule has 7 heteroatoms. The van der Waals surface area contributed by atoms with Gasteiger partial charge in [-0.1, -0.05) is 0 Å². The Kier molecular flexibility index (Phi) is 3.68. The molecule has 0 atom stereocenters. The summed E-state index contributed by atoms with van der Waals surface area (Å²) in [7, 11) is 3.70. The first-order chi connectivity index (χ1) is 10.8. The van der Waals surface area contributed by atoms with Gasteiger partial charge in [-0.3, -0.25) is 4.79 Å². The van der Waals surface area contributed by atoms with Crippen molar-refractivity contribution in [3.63, 3.8) is 0 Å². The molecule has 0 radical (unpaired) electrons. The van der Waals surface area contributed by atoms with Gasteiger partial charge in [0, 0.05) is 36.1 Å². The number of benzene rings is 1. The number of alkyl halides is 3. The minimum Gasteiger partial charge on any atom is -0.356 e. The smallest absolute Gasteiger partial charge is 0.356 e. The molecule has 0 bridgehead atoms. The molecule has 23 heavy (non-hydrogen) atoms. The van der Waals surface area contributed by atoms with Gasteiger partial charge in [-0.05, 0) is 32.3 Å². The Morgan fingerprint density at radius 2 is 1.91 bits per heavy atom. The number of hydrogen-bond acceptors (Lipinski definition) is 2. The number of likely N-dealkylation sites (N-methyl/N-ethyl adjacent to an activating group) is 1. The molecular weight excluding hydrogens is 307 g/mol. The zero-order valence-corrected chi connectivity index (χ0v) is 12.7. The Morgan fingerprint density at radius 1 is 1.17 bits per heavy atom. The molecule has 0 saturated carbocycles. The quantitative estimate of drug-likeness (QED) is 0.805. The third-order valence-electron chi connectivity index (χ3n) is 3.84. The van der Waals surface area contributed by atoms with E-state index in [0.717, 1.165) is 0 Å². The second-order valence-electron chi connectivity index (χ2n) is 5.75. The van der Waals surface area contributed by atoms with E-state index in [0.29, 0.717) is 29.4 Å². The van der Waals surface area contributed by atoms with Crippen LogP contribution in [0, 0.1) is 0 Å². The number of aromatic nitrogens is 2. The number of nitrogens with zero attached hydrogens (tertiary/aromatic N) is 2. The third kappa shape index (κ3) is 2.72. The van der Waals surface area contributed by atoms with Crippen LogP contribution >= 0.6 is 0 Å². The fraction of sp³-hybridized carbons (Fsp3) is 0.312. The van der Waals surface area contributed by atoms with Gasteiger partial charge >= 0.3 is 6.18 Å². The molecule has 1 aromatic carbocycles. The first kappa shape index (κ1) is 15.6. The fourth-order valence-electron chi connectivity index (χ4n) is 2.82. The summed E-state index contributed by atoms with van der Waals surface area (Å²) in [5.41, 5.74) is -0.400. The molecule has 122 valence electrons. The summed E-state index contributed by atoms with van der Waals surface area (Å²) in [5, 5.41) is 1.14. The zero-order valence-electron chi connectivity index (χ0n) is 12.7. The van der Waals surface area contributed by atoms with Gasteiger partial charge in [-0.15, -0.1) is 0 Å². The maximum Gasteiger partial charge on any atom is 0.433 e. The normalized spacial score (nSPS) is 12.6. The van der Waals surface area contributed by atoms with Crippen molar-refractivity contribution in [2.45, 2.75) is 12.7 Å². The SMILES string of the molecule is CN(C)CCn1c2cc(=O)ccc2c2cc[nH]c(C(F)(F)F)c21. The Labute approximate surface area is 130 Å². The van der Waals surface area contributed by atoms with Crippen LogP contribution in [-0.4, -0.2) is 35.1 Å². The maximum absolute atomic E-state index is 13.4. The predicted molar refractivity (Wildman–Crippen MR) is 83.6 cm³/mol. The number of halogens is 3. The van der Waals surface area contributed by atoms with Crippen molar-refractivity contribution in [2.24, 2.45) is 0 Å². The monoisotopic (exact) mass is 323 g/mol. The molecule has 3 rings (SSSR count). The molecule has 0 aliphatic heterocycles. The highest BCUT2D eigenvalue weighted by Crippen LogP contribution is 2.37. The van der Waals surface area contributed by atoms with Gasteiger partial charge in [0.25, 0.3) is 0 Å². The van der Waals surface area contributed by atoms with Crippen LogP contribution in [-0.2, 0) is 12.7 Å². The Balaban J connectivity index is 2.41. The van der Waals surface area contributed by atoms with Crippen LogP contribution in [0.25, 0.3) is 21.8 Å². The van der Waals surface area contributed by atoms with Crippen LogP contribution in [0.4, 0.5) is 13.2 Å². The van der Waals surface area contributed by atoms with E-state index in [2.05, 4.69) is 4.98 Å². The summed E-state index contributed by atoms with van der Waals surface area (Å²) in [5.74, 6) is 0. The lowest BCUT2D eigenvalue weighted by atomic mass is 10.1. The number of nitrogens with one attached hydrogen (secondary N) is 1. The van der Waals surface area contributed by atoms with E-state index in [4.69, 9.17) is 0 Å². The number of pyridine rings is 1. The van der Waals surface area contributed by atoms with Crippen molar-refractivity contribution in [3.05, 3.63) is 46.4 Å². The van der Waals surface area contributed by atoms with Gasteiger partial charge in [-0.2, -0.15) is 13.2 Å². The van der Waals surface area contributed by atoms with Crippen LogP contribution in [0.15, 0.2) is 35.3 Å². The summed E-state index contributed by atoms with van der Waals surface area (Å²) in [6, 6.07) is 5.98. The van der Waals surface area contributed by atoms with E-state index in [1.54, 1.807) is 16.7 Å². The van der Waals surface area contributed by atoms with Crippen LogP contribution in [0.5, 0.6) is 0 Å².